The molecule has 1 aromatic carbocycles. The minimum atomic E-state index is -2.78. The van der Waals surface area contributed by atoms with Crippen molar-refractivity contribution in [3.63, 3.8) is 0 Å². The molecule has 0 radical (unpaired) electrons. The molecule has 0 spiro atoms. The molecule has 0 fully saturated rings. The summed E-state index contributed by atoms with van der Waals surface area (Å²) in [6.45, 7) is 0. The number of nitrogen functional groups attached to an aromatic ring is 1. The molecule has 0 aliphatic rings. The van der Waals surface area contributed by atoms with Crippen molar-refractivity contribution in [1.82, 2.24) is 15.0 Å². The molecule has 2 aromatic heterocycles. The maximum Gasteiger partial charge on any atom is 0.297 e. The van der Waals surface area contributed by atoms with Crippen LogP contribution in [0, 0.1) is 16.6 Å². The zero-order chi connectivity index (χ0) is 21.7. The molecule has 3 rings (SSSR count). The fourth-order valence-electron chi connectivity index (χ4n) is 2.75. The summed E-state index contributed by atoms with van der Waals surface area (Å²) in [5.41, 5.74) is 8.21. The standard InChI is InChI=1S/C20H18F3N7/c21-15-3-1-2-4-16(15)27-8-11(7-24)5-13-6-14(17(30-13)19(25)26)12-9-28-20(18(22)23)29-10-12/h1-4,6-10,18,24,27,30H,5H2,(H3,25,26)/b11-8-,24-7?. The van der Waals surface area contributed by atoms with Crippen LogP contribution in [0.15, 0.2) is 54.5 Å². The number of hydrogen-bond donors (Lipinski definition) is 5. The fourth-order valence-corrected chi connectivity index (χ4v) is 2.75. The number of allylic oxidation sites excluding steroid dienone is 1. The van der Waals surface area contributed by atoms with Crippen LogP contribution in [0.5, 0.6) is 0 Å². The number of amidine groups is 1. The molecular weight excluding hydrogens is 395 g/mol. The third-order valence-electron chi connectivity index (χ3n) is 4.19. The average Bonchev–Trinajstić information content (AvgIpc) is 3.16. The third kappa shape index (κ3) is 4.72. The summed E-state index contributed by atoms with van der Waals surface area (Å²) < 4.78 is 39.1. The van der Waals surface area contributed by atoms with Crippen molar-refractivity contribution < 1.29 is 13.2 Å². The van der Waals surface area contributed by atoms with Gasteiger partial charge in [0.2, 0.25) is 0 Å². The number of halogens is 3. The van der Waals surface area contributed by atoms with Crippen molar-refractivity contribution in [2.24, 2.45) is 5.73 Å². The Hall–Kier alpha value is -3.95. The van der Waals surface area contributed by atoms with Gasteiger partial charge in [0, 0.05) is 48.0 Å². The third-order valence-corrected chi connectivity index (χ3v) is 4.19. The van der Waals surface area contributed by atoms with E-state index in [1.165, 1.54) is 24.7 Å². The predicted molar refractivity (Wildman–Crippen MR) is 108 cm³/mol. The second-order valence-corrected chi connectivity index (χ2v) is 6.29. The molecule has 0 atom stereocenters. The van der Waals surface area contributed by atoms with E-state index in [4.69, 9.17) is 16.6 Å². The molecule has 0 unspecified atom stereocenters. The summed E-state index contributed by atoms with van der Waals surface area (Å²) >= 11 is 0. The SMILES string of the molecule is N=C/C(=C\Nc1ccccc1F)Cc1cc(-c2cnc(C(F)F)nc2)c(C(=N)N)[nH]1. The number of H-pyrrole nitrogens is 1. The van der Waals surface area contributed by atoms with Gasteiger partial charge in [0.25, 0.3) is 6.43 Å². The number of benzene rings is 1. The van der Waals surface area contributed by atoms with E-state index < -0.39 is 18.1 Å². The van der Waals surface area contributed by atoms with Crippen molar-refractivity contribution in [3.05, 3.63) is 77.5 Å². The van der Waals surface area contributed by atoms with E-state index in [-0.39, 0.29) is 23.6 Å². The van der Waals surface area contributed by atoms with E-state index in [0.29, 0.717) is 22.4 Å². The second-order valence-electron chi connectivity index (χ2n) is 6.29. The lowest BCUT2D eigenvalue weighted by Crippen LogP contribution is -2.13. The highest BCUT2D eigenvalue weighted by molar-refractivity contribution is 6.00. The first-order valence-corrected chi connectivity index (χ1v) is 8.76. The summed E-state index contributed by atoms with van der Waals surface area (Å²) in [5.74, 6) is -1.27. The lowest BCUT2D eigenvalue weighted by atomic mass is 10.1. The first-order valence-electron chi connectivity index (χ1n) is 8.76. The number of aromatic amines is 1. The quantitative estimate of drug-likeness (QED) is 0.282. The molecule has 154 valence electrons. The Bertz CT molecular complexity index is 1090. The van der Waals surface area contributed by atoms with Gasteiger partial charge in [0.05, 0.1) is 11.4 Å². The first kappa shape index (κ1) is 20.8. The van der Waals surface area contributed by atoms with Crippen molar-refractivity contribution in [2.75, 3.05) is 5.32 Å². The van der Waals surface area contributed by atoms with Gasteiger partial charge in [-0.2, -0.15) is 0 Å². The molecule has 0 bridgehead atoms. The highest BCUT2D eigenvalue weighted by Crippen LogP contribution is 2.26. The molecule has 2 heterocycles. The van der Waals surface area contributed by atoms with Gasteiger partial charge in [0.15, 0.2) is 5.82 Å². The van der Waals surface area contributed by atoms with Crippen LogP contribution >= 0.6 is 0 Å². The first-order chi connectivity index (χ1) is 14.4. The van der Waals surface area contributed by atoms with E-state index in [1.54, 1.807) is 24.3 Å². The Kier molecular flexibility index (Phi) is 6.26. The van der Waals surface area contributed by atoms with Crippen molar-refractivity contribution in [1.29, 1.82) is 10.8 Å². The largest absolute Gasteiger partial charge is 0.382 e. The van der Waals surface area contributed by atoms with Crippen molar-refractivity contribution >= 4 is 17.7 Å². The molecule has 0 saturated carbocycles. The Labute approximate surface area is 169 Å². The summed E-state index contributed by atoms with van der Waals surface area (Å²) in [7, 11) is 0. The number of anilines is 1. The molecule has 10 heteroatoms. The highest BCUT2D eigenvalue weighted by Gasteiger charge is 2.16. The molecule has 7 nitrogen and oxygen atoms in total. The molecular formula is C20H18F3N7. The molecule has 0 saturated heterocycles. The summed E-state index contributed by atoms with van der Waals surface area (Å²) in [5, 5.41) is 18.2. The monoisotopic (exact) mass is 413 g/mol. The van der Waals surface area contributed by atoms with E-state index in [2.05, 4.69) is 20.3 Å². The minimum Gasteiger partial charge on any atom is -0.382 e. The lowest BCUT2D eigenvalue weighted by Gasteiger charge is -2.04. The van der Waals surface area contributed by atoms with Crippen molar-refractivity contribution in [2.45, 2.75) is 12.8 Å². The highest BCUT2D eigenvalue weighted by atomic mass is 19.3. The number of rotatable bonds is 8. The van der Waals surface area contributed by atoms with Crippen LogP contribution in [-0.4, -0.2) is 27.0 Å². The second kappa shape index (κ2) is 9.03. The number of aromatic nitrogens is 3. The number of hydrogen-bond acceptors (Lipinski definition) is 5. The normalized spacial score (nSPS) is 11.5. The summed E-state index contributed by atoms with van der Waals surface area (Å²) in [4.78, 5) is 10.3. The van der Waals surface area contributed by atoms with Crippen LogP contribution in [-0.2, 0) is 6.42 Å². The van der Waals surface area contributed by atoms with Crippen LogP contribution in [0.25, 0.3) is 11.1 Å². The average molecular weight is 413 g/mol. The summed E-state index contributed by atoms with van der Waals surface area (Å²) in [6.07, 6.45) is 2.56. The predicted octanol–water partition coefficient (Wildman–Crippen LogP) is 4.02. The van der Waals surface area contributed by atoms with E-state index in [1.807, 2.05) is 0 Å². The number of nitrogens with zero attached hydrogens (tertiary/aromatic N) is 2. The molecule has 6 N–H and O–H groups in total. The Morgan fingerprint density at radius 2 is 1.93 bits per heavy atom. The number of nitrogens with one attached hydrogen (secondary N) is 4. The van der Waals surface area contributed by atoms with Gasteiger partial charge in [-0.15, -0.1) is 0 Å². The van der Waals surface area contributed by atoms with Crippen LogP contribution in [0.3, 0.4) is 0 Å². The number of para-hydroxylation sites is 1. The van der Waals surface area contributed by atoms with Crippen LogP contribution in [0.4, 0.5) is 18.9 Å². The maximum absolute atomic E-state index is 13.7. The zero-order valence-electron chi connectivity index (χ0n) is 15.6. The van der Waals surface area contributed by atoms with E-state index in [9.17, 15) is 13.2 Å². The van der Waals surface area contributed by atoms with E-state index >= 15 is 0 Å². The number of alkyl halides is 2. The van der Waals surface area contributed by atoms with Gasteiger partial charge >= 0.3 is 0 Å². The lowest BCUT2D eigenvalue weighted by molar-refractivity contribution is 0.140. The van der Waals surface area contributed by atoms with Gasteiger partial charge in [0.1, 0.15) is 11.7 Å². The zero-order valence-corrected chi connectivity index (χ0v) is 15.6. The van der Waals surface area contributed by atoms with Gasteiger partial charge in [-0.3, -0.25) is 5.41 Å². The number of nitrogens with two attached hydrogens (primary N) is 1. The van der Waals surface area contributed by atoms with Gasteiger partial charge in [-0.1, -0.05) is 12.1 Å². The molecule has 3 aromatic rings. The topological polar surface area (TPSA) is 127 Å². The molecule has 0 aliphatic carbocycles. The Morgan fingerprint density at radius 3 is 2.53 bits per heavy atom. The van der Waals surface area contributed by atoms with Gasteiger partial charge in [-0.25, -0.2) is 23.1 Å². The minimum absolute atomic E-state index is 0.251. The maximum atomic E-state index is 13.7. The van der Waals surface area contributed by atoms with Gasteiger partial charge in [-0.05, 0) is 23.8 Å². The van der Waals surface area contributed by atoms with Crippen LogP contribution in [0.1, 0.15) is 23.6 Å². The van der Waals surface area contributed by atoms with Gasteiger partial charge < -0.3 is 21.4 Å². The van der Waals surface area contributed by atoms with Crippen LogP contribution < -0.4 is 11.1 Å². The summed E-state index contributed by atoms with van der Waals surface area (Å²) in [6, 6.07) is 7.82. The van der Waals surface area contributed by atoms with E-state index in [0.717, 1.165) is 6.21 Å². The molecule has 0 amide bonds. The fraction of sp³-hybridized carbons (Fsp3) is 0.100. The Morgan fingerprint density at radius 1 is 1.23 bits per heavy atom. The Balaban J connectivity index is 1.86. The smallest absolute Gasteiger partial charge is 0.297 e. The van der Waals surface area contributed by atoms with Crippen LogP contribution in [0.2, 0.25) is 0 Å². The molecule has 0 aliphatic heterocycles. The molecule has 30 heavy (non-hydrogen) atoms. The van der Waals surface area contributed by atoms with Crippen molar-refractivity contribution in [3.8, 4) is 11.1 Å².